The van der Waals surface area contributed by atoms with Gasteiger partial charge in [-0.1, -0.05) is 45.1 Å². The molecule has 0 bridgehead atoms. The molecule has 0 amide bonds. The zero-order valence-corrected chi connectivity index (χ0v) is 12.8. The lowest BCUT2D eigenvalue weighted by atomic mass is 9.83. The third kappa shape index (κ3) is 2.89. The fraction of sp³-hybridized carbons (Fsp3) is 0.778. The summed E-state index contributed by atoms with van der Waals surface area (Å²) in [5.41, 5.74) is 0.990. The third-order valence-corrected chi connectivity index (χ3v) is 5.07. The Morgan fingerprint density at radius 2 is 1.20 bits per heavy atom. The largest absolute Gasteiger partial charge is 0.452 e. The van der Waals surface area contributed by atoms with Crippen molar-refractivity contribution >= 4 is 0 Å². The molecule has 112 valence electrons. The van der Waals surface area contributed by atoms with Gasteiger partial charge in [0, 0.05) is 11.8 Å². The van der Waals surface area contributed by atoms with Crippen molar-refractivity contribution < 1.29 is 9.47 Å². The Labute approximate surface area is 123 Å². The van der Waals surface area contributed by atoms with Crippen molar-refractivity contribution in [2.24, 2.45) is 11.8 Å². The average Bonchev–Trinajstić information content (AvgIpc) is 2.94. The molecule has 1 heterocycles. The van der Waals surface area contributed by atoms with Crippen LogP contribution in [0.5, 0.6) is 0 Å². The van der Waals surface area contributed by atoms with E-state index < -0.39 is 0 Å². The highest BCUT2D eigenvalue weighted by Crippen LogP contribution is 2.43. The summed E-state index contributed by atoms with van der Waals surface area (Å²) < 4.78 is 12.4. The topological polar surface area (TPSA) is 18.5 Å². The Balaban J connectivity index is 1.79. The van der Waals surface area contributed by atoms with Crippen molar-refractivity contribution in [1.82, 2.24) is 0 Å². The van der Waals surface area contributed by atoms with Gasteiger partial charge in [0.1, 0.15) is 11.5 Å². The predicted octanol–water partition coefficient (Wildman–Crippen LogP) is 5.31. The maximum atomic E-state index is 6.19. The van der Waals surface area contributed by atoms with Gasteiger partial charge in [0.15, 0.2) is 0 Å². The molecule has 20 heavy (non-hydrogen) atoms. The van der Waals surface area contributed by atoms with Crippen LogP contribution >= 0.6 is 0 Å². The molecule has 1 aliphatic heterocycles. The molecule has 0 spiro atoms. The van der Waals surface area contributed by atoms with E-state index in [9.17, 15) is 0 Å². The summed E-state index contributed by atoms with van der Waals surface area (Å²) in [7, 11) is 0. The van der Waals surface area contributed by atoms with E-state index >= 15 is 0 Å². The number of ether oxygens (including phenoxy) is 2. The Hall–Kier alpha value is -0.920. The van der Waals surface area contributed by atoms with E-state index in [2.05, 4.69) is 6.58 Å². The van der Waals surface area contributed by atoms with Crippen LogP contribution in [0.4, 0.5) is 0 Å². The molecule has 0 unspecified atom stereocenters. The molecule has 0 radical (unpaired) electrons. The highest BCUT2D eigenvalue weighted by molar-refractivity contribution is 5.17. The molecule has 2 heteroatoms. The van der Waals surface area contributed by atoms with Gasteiger partial charge in [-0.25, -0.2) is 0 Å². The molecule has 0 aromatic carbocycles. The quantitative estimate of drug-likeness (QED) is 0.650. The van der Waals surface area contributed by atoms with Crippen LogP contribution in [0, 0.1) is 11.8 Å². The summed E-state index contributed by atoms with van der Waals surface area (Å²) in [6.45, 7) is 6.03. The first-order valence-electron chi connectivity index (χ1n) is 8.48. The molecule has 0 saturated heterocycles. The number of hydrogen-bond acceptors (Lipinski definition) is 2. The first-order valence-corrected chi connectivity index (χ1v) is 8.48. The molecular weight excluding hydrogens is 248 g/mol. The van der Waals surface area contributed by atoms with E-state index in [1.54, 1.807) is 0 Å². The first-order chi connectivity index (χ1) is 9.75. The minimum atomic E-state index is -0.219. The Bertz CT molecular complexity index is 354. The van der Waals surface area contributed by atoms with Crippen molar-refractivity contribution in [2.45, 2.75) is 77.4 Å². The lowest BCUT2D eigenvalue weighted by molar-refractivity contribution is -0.0223. The van der Waals surface area contributed by atoms with Crippen LogP contribution in [0.2, 0.25) is 0 Å². The van der Waals surface area contributed by atoms with Crippen LogP contribution in [0.15, 0.2) is 23.7 Å². The van der Waals surface area contributed by atoms with Gasteiger partial charge in [0.25, 0.3) is 6.29 Å². The highest BCUT2D eigenvalue weighted by atomic mass is 16.7. The minimum Gasteiger partial charge on any atom is -0.452 e. The van der Waals surface area contributed by atoms with Crippen molar-refractivity contribution in [3.63, 3.8) is 0 Å². The second-order valence-corrected chi connectivity index (χ2v) is 6.81. The van der Waals surface area contributed by atoms with Crippen LogP contribution in [0.1, 0.15) is 71.1 Å². The second-order valence-electron chi connectivity index (χ2n) is 6.81. The summed E-state index contributed by atoms with van der Waals surface area (Å²) in [5.74, 6) is 3.60. The molecule has 0 atom stereocenters. The normalized spacial score (nSPS) is 26.4. The minimum absolute atomic E-state index is 0.219. The van der Waals surface area contributed by atoms with Gasteiger partial charge in [0.05, 0.1) is 0 Å². The van der Waals surface area contributed by atoms with E-state index in [0.29, 0.717) is 11.8 Å². The number of rotatable bonds is 3. The fourth-order valence-corrected chi connectivity index (χ4v) is 3.90. The summed E-state index contributed by atoms with van der Waals surface area (Å²) in [6, 6.07) is 0. The molecule has 0 N–H and O–H groups in total. The molecule has 2 saturated carbocycles. The predicted molar refractivity (Wildman–Crippen MR) is 80.9 cm³/mol. The summed E-state index contributed by atoms with van der Waals surface area (Å²) in [5, 5.41) is 0. The molecule has 3 rings (SSSR count). The third-order valence-electron chi connectivity index (χ3n) is 5.07. The van der Waals surface area contributed by atoms with Crippen LogP contribution in [0.3, 0.4) is 0 Å². The number of allylic oxidation sites excluding steroid dienone is 2. The Morgan fingerprint density at radius 1 is 0.800 bits per heavy atom. The lowest BCUT2D eigenvalue weighted by Crippen LogP contribution is -2.15. The van der Waals surface area contributed by atoms with E-state index in [4.69, 9.17) is 9.47 Å². The average molecular weight is 276 g/mol. The van der Waals surface area contributed by atoms with Gasteiger partial charge in [-0.05, 0) is 38.2 Å². The second kappa shape index (κ2) is 6.24. The van der Waals surface area contributed by atoms with Crippen LogP contribution in [0.25, 0.3) is 0 Å². The smallest absolute Gasteiger partial charge is 0.262 e. The van der Waals surface area contributed by atoms with Gasteiger partial charge in [-0.2, -0.15) is 0 Å². The maximum Gasteiger partial charge on any atom is 0.262 e. The molecule has 0 aromatic rings. The van der Waals surface area contributed by atoms with Crippen LogP contribution < -0.4 is 0 Å². The maximum absolute atomic E-state index is 6.19. The Kier molecular flexibility index (Phi) is 4.38. The van der Waals surface area contributed by atoms with Crippen molar-refractivity contribution in [1.29, 1.82) is 0 Å². The SMILES string of the molecule is C=C(C)C1OC(C2CCCCC2)=C(C2CCCCC2)O1. The zero-order valence-electron chi connectivity index (χ0n) is 12.8. The molecule has 2 aliphatic carbocycles. The first kappa shape index (κ1) is 14.0. The standard InChI is InChI=1S/C18H28O2/c1-13(2)18-19-16(14-9-5-3-6-10-14)17(20-18)15-11-7-4-8-12-15/h14-15,18H,1,3-12H2,2H3. The molecule has 2 fully saturated rings. The fourth-order valence-electron chi connectivity index (χ4n) is 3.90. The van der Waals surface area contributed by atoms with Crippen molar-refractivity contribution in [2.75, 3.05) is 0 Å². The molecule has 2 nitrogen and oxygen atoms in total. The highest BCUT2D eigenvalue weighted by Gasteiger charge is 2.37. The van der Waals surface area contributed by atoms with E-state index in [1.807, 2.05) is 6.92 Å². The lowest BCUT2D eigenvalue weighted by Gasteiger charge is -2.25. The summed E-state index contributed by atoms with van der Waals surface area (Å²) in [6.07, 6.45) is 13.0. The summed E-state index contributed by atoms with van der Waals surface area (Å²) >= 11 is 0. The van der Waals surface area contributed by atoms with E-state index in [-0.39, 0.29) is 6.29 Å². The van der Waals surface area contributed by atoms with Crippen LogP contribution in [-0.2, 0) is 9.47 Å². The van der Waals surface area contributed by atoms with E-state index in [1.165, 1.54) is 75.7 Å². The van der Waals surface area contributed by atoms with Crippen molar-refractivity contribution in [3.05, 3.63) is 23.7 Å². The van der Waals surface area contributed by atoms with Gasteiger partial charge >= 0.3 is 0 Å². The zero-order chi connectivity index (χ0) is 13.9. The molecule has 3 aliphatic rings. The monoisotopic (exact) mass is 276 g/mol. The van der Waals surface area contributed by atoms with Gasteiger partial charge in [-0.3, -0.25) is 0 Å². The molecule has 0 aromatic heterocycles. The van der Waals surface area contributed by atoms with Gasteiger partial charge in [-0.15, -0.1) is 0 Å². The van der Waals surface area contributed by atoms with Gasteiger partial charge in [0.2, 0.25) is 0 Å². The number of hydrogen-bond donors (Lipinski definition) is 0. The Morgan fingerprint density at radius 3 is 1.55 bits per heavy atom. The van der Waals surface area contributed by atoms with Crippen LogP contribution in [-0.4, -0.2) is 6.29 Å². The van der Waals surface area contributed by atoms with Crippen molar-refractivity contribution in [3.8, 4) is 0 Å². The van der Waals surface area contributed by atoms with E-state index in [0.717, 1.165) is 5.57 Å². The van der Waals surface area contributed by atoms with Gasteiger partial charge < -0.3 is 9.47 Å². The summed E-state index contributed by atoms with van der Waals surface area (Å²) in [4.78, 5) is 0. The molecular formula is C18H28O2.